The van der Waals surface area contributed by atoms with Gasteiger partial charge in [-0.2, -0.15) is 0 Å². The van der Waals surface area contributed by atoms with E-state index < -0.39 is 0 Å². The van der Waals surface area contributed by atoms with Crippen LogP contribution in [0.4, 0.5) is 0 Å². The SMILES string of the molecule is COC1(c2cccc(-c3ccc(C(=S)CC(C)=O)cc3)c2)CCOCC1. The van der Waals surface area contributed by atoms with Crippen molar-refractivity contribution < 1.29 is 14.3 Å². The molecule has 3 nitrogen and oxygen atoms in total. The van der Waals surface area contributed by atoms with Crippen LogP contribution in [0.25, 0.3) is 11.1 Å². The molecule has 26 heavy (non-hydrogen) atoms. The number of Topliss-reactive ketones (excluding diaryl/α,β-unsaturated/α-hetero) is 1. The van der Waals surface area contributed by atoms with Crippen LogP contribution in [0, 0.1) is 0 Å². The van der Waals surface area contributed by atoms with Gasteiger partial charge in [-0.15, -0.1) is 0 Å². The Morgan fingerprint density at radius 3 is 2.42 bits per heavy atom. The monoisotopic (exact) mass is 368 g/mol. The lowest BCUT2D eigenvalue weighted by atomic mass is 9.84. The van der Waals surface area contributed by atoms with Crippen molar-refractivity contribution in [3.05, 3.63) is 59.7 Å². The first-order valence-corrected chi connectivity index (χ1v) is 9.31. The molecule has 0 aromatic heterocycles. The normalized spacial score (nSPS) is 16.2. The molecule has 0 unspecified atom stereocenters. The predicted molar refractivity (Wildman–Crippen MR) is 108 cm³/mol. The summed E-state index contributed by atoms with van der Waals surface area (Å²) in [6.07, 6.45) is 2.05. The Hall–Kier alpha value is -1.88. The summed E-state index contributed by atoms with van der Waals surface area (Å²) < 4.78 is 11.4. The molecular formula is C22H24O3S. The van der Waals surface area contributed by atoms with Crippen LogP contribution in [0.5, 0.6) is 0 Å². The molecule has 2 aromatic carbocycles. The Morgan fingerprint density at radius 1 is 1.12 bits per heavy atom. The first-order valence-electron chi connectivity index (χ1n) is 8.90. The van der Waals surface area contributed by atoms with E-state index >= 15 is 0 Å². The summed E-state index contributed by atoms with van der Waals surface area (Å²) in [7, 11) is 1.78. The molecule has 2 aromatic rings. The van der Waals surface area contributed by atoms with Gasteiger partial charge in [-0.05, 0) is 35.2 Å². The minimum absolute atomic E-state index is 0.0908. The Balaban J connectivity index is 1.86. The second kappa shape index (κ2) is 8.21. The molecule has 1 heterocycles. The first-order chi connectivity index (χ1) is 12.5. The summed E-state index contributed by atoms with van der Waals surface area (Å²) in [5.74, 6) is 0.0908. The van der Waals surface area contributed by atoms with Gasteiger partial charge < -0.3 is 9.47 Å². The smallest absolute Gasteiger partial charge is 0.135 e. The highest BCUT2D eigenvalue weighted by atomic mass is 32.1. The fourth-order valence-electron chi connectivity index (χ4n) is 3.47. The van der Waals surface area contributed by atoms with Crippen molar-refractivity contribution in [2.75, 3.05) is 20.3 Å². The molecule has 0 bridgehead atoms. The fraction of sp³-hybridized carbons (Fsp3) is 0.364. The van der Waals surface area contributed by atoms with Gasteiger partial charge in [-0.3, -0.25) is 4.79 Å². The summed E-state index contributed by atoms with van der Waals surface area (Å²) in [4.78, 5) is 11.9. The van der Waals surface area contributed by atoms with Gasteiger partial charge in [0.25, 0.3) is 0 Å². The standard InChI is InChI=1S/C22H24O3S/c1-16(23)14-21(26)18-8-6-17(7-9-18)19-4-3-5-20(15-19)22(24-2)10-12-25-13-11-22/h3-9,15H,10-14H2,1-2H3. The van der Waals surface area contributed by atoms with Gasteiger partial charge in [-0.25, -0.2) is 0 Å². The zero-order valence-electron chi connectivity index (χ0n) is 15.3. The Labute approximate surface area is 160 Å². The number of benzene rings is 2. The minimum atomic E-state index is -0.267. The number of hydrogen-bond acceptors (Lipinski definition) is 4. The fourth-order valence-corrected chi connectivity index (χ4v) is 3.81. The van der Waals surface area contributed by atoms with Gasteiger partial charge in [0.1, 0.15) is 5.78 Å². The largest absolute Gasteiger partial charge is 0.381 e. The molecule has 3 rings (SSSR count). The molecular weight excluding hydrogens is 344 g/mol. The molecule has 1 aliphatic heterocycles. The van der Waals surface area contributed by atoms with Gasteiger partial charge >= 0.3 is 0 Å². The Kier molecular flexibility index (Phi) is 5.97. The zero-order chi connectivity index (χ0) is 18.6. The predicted octanol–water partition coefficient (Wildman–Crippen LogP) is 4.70. The number of thiocarbonyl (C=S) groups is 1. The van der Waals surface area contributed by atoms with Crippen molar-refractivity contribution in [1.29, 1.82) is 0 Å². The number of rotatable bonds is 6. The maximum atomic E-state index is 11.3. The Morgan fingerprint density at radius 2 is 1.81 bits per heavy atom. The molecule has 1 aliphatic rings. The second-order valence-corrected chi connectivity index (χ2v) is 7.26. The van der Waals surface area contributed by atoms with Crippen LogP contribution < -0.4 is 0 Å². The van der Waals surface area contributed by atoms with Crippen molar-refractivity contribution in [1.82, 2.24) is 0 Å². The van der Waals surface area contributed by atoms with E-state index in [0.29, 0.717) is 11.3 Å². The number of carbonyl (C=O) groups excluding carboxylic acids is 1. The molecule has 0 radical (unpaired) electrons. The van der Waals surface area contributed by atoms with E-state index in [1.54, 1.807) is 14.0 Å². The van der Waals surface area contributed by atoms with E-state index in [1.165, 1.54) is 5.56 Å². The zero-order valence-corrected chi connectivity index (χ0v) is 16.1. The molecule has 136 valence electrons. The van der Waals surface area contributed by atoms with Crippen LogP contribution >= 0.6 is 12.2 Å². The average molecular weight is 368 g/mol. The van der Waals surface area contributed by atoms with E-state index in [4.69, 9.17) is 21.7 Å². The van der Waals surface area contributed by atoms with Crippen molar-refractivity contribution >= 4 is 22.9 Å². The number of hydrogen-bond donors (Lipinski definition) is 0. The van der Waals surface area contributed by atoms with Gasteiger partial charge in [0.15, 0.2) is 0 Å². The lowest BCUT2D eigenvalue weighted by Crippen LogP contribution is -2.35. The van der Waals surface area contributed by atoms with E-state index in [-0.39, 0.29) is 11.4 Å². The van der Waals surface area contributed by atoms with Crippen LogP contribution in [0.3, 0.4) is 0 Å². The van der Waals surface area contributed by atoms with Gasteiger partial charge in [-0.1, -0.05) is 54.7 Å². The highest BCUT2D eigenvalue weighted by Crippen LogP contribution is 2.37. The maximum Gasteiger partial charge on any atom is 0.135 e. The average Bonchev–Trinajstić information content (AvgIpc) is 2.68. The molecule has 4 heteroatoms. The van der Waals surface area contributed by atoms with Gasteiger partial charge in [0, 0.05) is 44.5 Å². The number of carbonyl (C=O) groups is 1. The summed E-state index contributed by atoms with van der Waals surface area (Å²) in [5, 5.41) is 0. The van der Waals surface area contributed by atoms with Crippen molar-refractivity contribution in [2.45, 2.75) is 31.8 Å². The third kappa shape index (κ3) is 4.09. The third-order valence-corrected chi connectivity index (χ3v) is 5.41. The van der Waals surface area contributed by atoms with E-state index in [1.807, 2.05) is 12.1 Å². The molecule has 0 N–H and O–H groups in total. The van der Waals surface area contributed by atoms with Crippen LogP contribution in [-0.4, -0.2) is 31.0 Å². The van der Waals surface area contributed by atoms with Crippen molar-refractivity contribution in [2.24, 2.45) is 0 Å². The molecule has 0 amide bonds. The molecule has 0 saturated carbocycles. The summed E-state index contributed by atoms with van der Waals surface area (Å²) in [6, 6.07) is 16.6. The highest BCUT2D eigenvalue weighted by molar-refractivity contribution is 7.80. The molecule has 0 aliphatic carbocycles. The van der Waals surface area contributed by atoms with E-state index in [0.717, 1.165) is 42.7 Å². The van der Waals surface area contributed by atoms with Crippen LogP contribution in [0.1, 0.15) is 37.3 Å². The molecule has 0 spiro atoms. The van der Waals surface area contributed by atoms with Crippen molar-refractivity contribution in [3.63, 3.8) is 0 Å². The van der Waals surface area contributed by atoms with Crippen LogP contribution in [0.2, 0.25) is 0 Å². The Bertz CT molecular complexity index is 789. The number of ketones is 1. The summed E-state index contributed by atoms with van der Waals surface area (Å²) in [6.45, 7) is 3.01. The van der Waals surface area contributed by atoms with Crippen molar-refractivity contribution in [3.8, 4) is 11.1 Å². The van der Waals surface area contributed by atoms with Crippen LogP contribution in [-0.2, 0) is 19.9 Å². The molecule has 1 fully saturated rings. The van der Waals surface area contributed by atoms with Gasteiger partial charge in [0.05, 0.1) is 5.60 Å². The van der Waals surface area contributed by atoms with E-state index in [2.05, 4.69) is 36.4 Å². The molecule has 1 saturated heterocycles. The topological polar surface area (TPSA) is 35.5 Å². The minimum Gasteiger partial charge on any atom is -0.381 e. The van der Waals surface area contributed by atoms with Crippen LogP contribution in [0.15, 0.2) is 48.5 Å². The lowest BCUT2D eigenvalue weighted by molar-refractivity contribution is -0.115. The highest BCUT2D eigenvalue weighted by Gasteiger charge is 2.34. The molecule has 0 atom stereocenters. The first kappa shape index (κ1) is 18.9. The van der Waals surface area contributed by atoms with E-state index in [9.17, 15) is 4.79 Å². The number of ether oxygens (including phenoxy) is 2. The third-order valence-electron chi connectivity index (χ3n) is 5.03. The summed E-state index contributed by atoms with van der Waals surface area (Å²) >= 11 is 5.34. The lowest BCUT2D eigenvalue weighted by Gasteiger charge is -2.36. The number of methoxy groups -OCH3 is 1. The quantitative estimate of drug-likeness (QED) is 0.547. The van der Waals surface area contributed by atoms with Gasteiger partial charge in [0.2, 0.25) is 0 Å². The second-order valence-electron chi connectivity index (χ2n) is 6.77. The maximum absolute atomic E-state index is 11.3. The summed E-state index contributed by atoms with van der Waals surface area (Å²) in [5.41, 5.74) is 4.14.